The number of nitrogens with one attached hydrogen (secondary N) is 1. The van der Waals surface area contributed by atoms with E-state index in [9.17, 15) is 18.0 Å². The highest BCUT2D eigenvalue weighted by atomic mass is 19.4. The lowest BCUT2D eigenvalue weighted by Gasteiger charge is -2.15. The molecular weight excluding hydrogens is 309 g/mol. The molecular formula is C15H15F3N4O. The maximum absolute atomic E-state index is 12.6. The summed E-state index contributed by atoms with van der Waals surface area (Å²) < 4.78 is 39.6. The molecule has 0 atom stereocenters. The van der Waals surface area contributed by atoms with Crippen molar-refractivity contribution in [2.45, 2.75) is 6.18 Å². The van der Waals surface area contributed by atoms with E-state index in [0.29, 0.717) is 5.69 Å². The molecule has 2 aromatic rings. The van der Waals surface area contributed by atoms with Gasteiger partial charge in [0.25, 0.3) is 5.91 Å². The highest BCUT2D eigenvalue weighted by Gasteiger charge is 2.30. The molecule has 0 fully saturated rings. The molecule has 0 spiro atoms. The smallest absolute Gasteiger partial charge is 0.319 e. The van der Waals surface area contributed by atoms with E-state index in [1.54, 1.807) is 28.0 Å². The highest BCUT2D eigenvalue weighted by molar-refractivity contribution is 5.95. The number of benzene rings is 1. The predicted molar refractivity (Wildman–Crippen MR) is 81.0 cm³/mol. The first-order valence-electron chi connectivity index (χ1n) is 6.64. The number of carbonyl (C=O) groups excluding carboxylic acids is 1. The normalized spacial score (nSPS) is 11.7. The minimum absolute atomic E-state index is 0.111. The topological polar surface area (TPSA) is 49.6 Å². The summed E-state index contributed by atoms with van der Waals surface area (Å²) in [7, 11) is 3.66. The van der Waals surface area contributed by atoms with Gasteiger partial charge < -0.3 is 5.01 Å². The number of hydrogen-bond acceptors (Lipinski definition) is 3. The van der Waals surface area contributed by atoms with E-state index in [-0.39, 0.29) is 5.56 Å². The Kier molecular flexibility index (Phi) is 4.73. The summed E-state index contributed by atoms with van der Waals surface area (Å²) in [6, 6.07) is 7.74. The van der Waals surface area contributed by atoms with Crippen LogP contribution in [0.1, 0.15) is 21.6 Å². The largest absolute Gasteiger partial charge is 0.416 e. The van der Waals surface area contributed by atoms with Gasteiger partial charge in [-0.15, -0.1) is 0 Å². The van der Waals surface area contributed by atoms with Gasteiger partial charge in [0.05, 0.1) is 17.5 Å². The molecule has 0 radical (unpaired) electrons. The Labute approximate surface area is 131 Å². The number of carbonyl (C=O) groups is 1. The lowest BCUT2D eigenvalue weighted by Crippen LogP contribution is -2.26. The Hall–Kier alpha value is -2.77. The number of halogens is 3. The maximum Gasteiger partial charge on any atom is 0.416 e. The van der Waals surface area contributed by atoms with Crippen molar-refractivity contribution in [3.63, 3.8) is 0 Å². The first-order valence-corrected chi connectivity index (χ1v) is 6.64. The van der Waals surface area contributed by atoms with Crippen molar-refractivity contribution < 1.29 is 18.0 Å². The lowest BCUT2D eigenvalue weighted by molar-refractivity contribution is -0.137. The number of hydrogen-bond donors (Lipinski definition) is 1. The fourth-order valence-electron chi connectivity index (χ4n) is 1.91. The minimum atomic E-state index is -4.49. The molecule has 0 bridgehead atoms. The Morgan fingerprint density at radius 1 is 1.26 bits per heavy atom. The summed E-state index contributed by atoms with van der Waals surface area (Å²) >= 11 is 0. The van der Waals surface area contributed by atoms with Gasteiger partial charge >= 0.3 is 6.18 Å². The zero-order valence-corrected chi connectivity index (χ0v) is 12.5. The number of amides is 1. The summed E-state index contributed by atoms with van der Waals surface area (Å²) in [5.74, 6) is -0.713. The lowest BCUT2D eigenvalue weighted by atomic mass is 10.1. The third kappa shape index (κ3) is 4.12. The van der Waals surface area contributed by atoms with Crippen LogP contribution < -0.4 is 10.4 Å². The van der Waals surface area contributed by atoms with Crippen molar-refractivity contribution >= 4 is 12.1 Å². The average Bonchev–Trinajstić information content (AvgIpc) is 2.95. The second-order valence-corrected chi connectivity index (χ2v) is 4.90. The molecule has 1 N–H and O–H groups in total. The first-order chi connectivity index (χ1) is 10.8. The Bertz CT molecular complexity index is 720. The zero-order valence-electron chi connectivity index (χ0n) is 12.5. The molecule has 23 heavy (non-hydrogen) atoms. The van der Waals surface area contributed by atoms with Gasteiger partial charge in [0.1, 0.15) is 0 Å². The summed E-state index contributed by atoms with van der Waals surface area (Å²) in [6.07, 6.45) is -1.28. The zero-order chi connectivity index (χ0) is 17.0. The van der Waals surface area contributed by atoms with Crippen molar-refractivity contribution in [2.24, 2.45) is 5.10 Å². The summed E-state index contributed by atoms with van der Waals surface area (Å²) in [6.45, 7) is 0. The second-order valence-electron chi connectivity index (χ2n) is 4.90. The van der Waals surface area contributed by atoms with Crippen LogP contribution in [0.25, 0.3) is 0 Å². The maximum atomic E-state index is 12.6. The van der Waals surface area contributed by atoms with Crippen LogP contribution >= 0.6 is 0 Å². The van der Waals surface area contributed by atoms with Crippen molar-refractivity contribution in [3.8, 4) is 0 Å². The van der Waals surface area contributed by atoms with Crippen LogP contribution in [0.2, 0.25) is 0 Å². The van der Waals surface area contributed by atoms with Gasteiger partial charge in [-0.25, -0.2) is 5.43 Å². The fraction of sp³-hybridized carbons (Fsp3) is 0.200. The van der Waals surface area contributed by atoms with Crippen molar-refractivity contribution in [1.29, 1.82) is 0 Å². The van der Waals surface area contributed by atoms with E-state index in [1.807, 2.05) is 14.1 Å². The average molecular weight is 324 g/mol. The van der Waals surface area contributed by atoms with Crippen LogP contribution in [-0.2, 0) is 6.18 Å². The van der Waals surface area contributed by atoms with Crippen LogP contribution in [-0.4, -0.2) is 30.9 Å². The molecule has 0 unspecified atom stereocenters. The standard InChI is InChI=1S/C15H15F3N4O/c1-21(2)22-8-4-7-13(22)10-19-20-14(23)11-5-3-6-12(9-11)15(16,17)18/h3-10H,1-2H3,(H,20,23). The van der Waals surface area contributed by atoms with Crippen LogP contribution in [0.3, 0.4) is 0 Å². The van der Waals surface area contributed by atoms with Gasteiger partial charge in [0, 0.05) is 25.9 Å². The SMILES string of the molecule is CN(C)n1cccc1C=NNC(=O)c1cccc(C(F)(F)F)c1. The fourth-order valence-corrected chi connectivity index (χ4v) is 1.91. The first kappa shape index (κ1) is 16.6. The van der Waals surface area contributed by atoms with Crippen molar-refractivity contribution in [3.05, 3.63) is 59.4 Å². The van der Waals surface area contributed by atoms with E-state index >= 15 is 0 Å². The monoisotopic (exact) mass is 324 g/mol. The summed E-state index contributed by atoms with van der Waals surface area (Å²) in [5, 5.41) is 5.57. The number of hydrazone groups is 1. The van der Waals surface area contributed by atoms with E-state index in [2.05, 4.69) is 10.5 Å². The number of alkyl halides is 3. The molecule has 1 amide bonds. The van der Waals surface area contributed by atoms with E-state index < -0.39 is 17.6 Å². The molecule has 0 aliphatic rings. The Morgan fingerprint density at radius 3 is 2.65 bits per heavy atom. The minimum Gasteiger partial charge on any atom is -0.319 e. The van der Waals surface area contributed by atoms with Gasteiger partial charge in [0.15, 0.2) is 0 Å². The Morgan fingerprint density at radius 2 is 2.00 bits per heavy atom. The van der Waals surface area contributed by atoms with Gasteiger partial charge in [-0.1, -0.05) is 6.07 Å². The molecule has 8 heteroatoms. The molecule has 1 aromatic heterocycles. The molecule has 5 nitrogen and oxygen atoms in total. The number of nitrogens with zero attached hydrogens (tertiary/aromatic N) is 3. The molecule has 0 aliphatic carbocycles. The van der Waals surface area contributed by atoms with Crippen LogP contribution in [0.5, 0.6) is 0 Å². The Balaban J connectivity index is 2.08. The summed E-state index contributed by atoms with van der Waals surface area (Å²) in [4.78, 5) is 11.9. The molecule has 1 heterocycles. The van der Waals surface area contributed by atoms with E-state index in [1.165, 1.54) is 18.3 Å². The molecule has 0 saturated heterocycles. The molecule has 2 rings (SSSR count). The molecule has 0 saturated carbocycles. The van der Waals surface area contributed by atoms with Gasteiger partial charge in [-0.05, 0) is 30.3 Å². The van der Waals surface area contributed by atoms with Gasteiger partial charge in [-0.2, -0.15) is 18.3 Å². The van der Waals surface area contributed by atoms with Crippen molar-refractivity contribution in [1.82, 2.24) is 10.1 Å². The summed E-state index contributed by atoms with van der Waals surface area (Å²) in [5.41, 5.74) is 1.93. The number of rotatable bonds is 4. The third-order valence-corrected chi connectivity index (χ3v) is 3.00. The van der Waals surface area contributed by atoms with Crippen molar-refractivity contribution in [2.75, 3.05) is 19.1 Å². The quantitative estimate of drug-likeness (QED) is 0.694. The van der Waals surface area contributed by atoms with E-state index in [0.717, 1.165) is 12.1 Å². The predicted octanol–water partition coefficient (Wildman–Crippen LogP) is 2.47. The highest BCUT2D eigenvalue weighted by Crippen LogP contribution is 2.29. The van der Waals surface area contributed by atoms with Crippen LogP contribution in [0.4, 0.5) is 13.2 Å². The van der Waals surface area contributed by atoms with Gasteiger partial charge in [0.2, 0.25) is 0 Å². The second kappa shape index (κ2) is 6.55. The van der Waals surface area contributed by atoms with Crippen LogP contribution in [0.15, 0.2) is 47.7 Å². The molecule has 122 valence electrons. The molecule has 0 aliphatic heterocycles. The van der Waals surface area contributed by atoms with Crippen LogP contribution in [0, 0.1) is 0 Å². The third-order valence-electron chi connectivity index (χ3n) is 3.00. The molecule has 1 aromatic carbocycles. The number of aromatic nitrogens is 1. The van der Waals surface area contributed by atoms with Gasteiger partial charge in [-0.3, -0.25) is 9.47 Å². The van der Waals surface area contributed by atoms with E-state index in [4.69, 9.17) is 0 Å².